The van der Waals surface area contributed by atoms with Crippen LogP contribution in [0.3, 0.4) is 0 Å². The second-order valence-electron chi connectivity index (χ2n) is 17.1. The van der Waals surface area contributed by atoms with Gasteiger partial charge in [0.1, 0.15) is 12.7 Å². The van der Waals surface area contributed by atoms with Gasteiger partial charge in [-0.05, 0) is 50.9 Å². The van der Waals surface area contributed by atoms with E-state index < -0.39 is 64.5 Å². The molecule has 0 saturated carbocycles. The SMILES string of the molecule is CC/C=C\C/C=C\C/C=C\C/C=C\C/C=C\C=C/C(O)CCC(=O)O[C@H](COC(=O)CCCCCCCCCCCCCCCCCCCCC(C)C)COP(=O)(O)OC[C@@H](O)CO. The van der Waals surface area contributed by atoms with Gasteiger partial charge in [-0.1, -0.05) is 209 Å². The Morgan fingerprint density at radius 3 is 1.48 bits per heavy atom. The van der Waals surface area contributed by atoms with Crippen molar-refractivity contribution in [2.24, 2.45) is 5.92 Å². The van der Waals surface area contributed by atoms with Gasteiger partial charge in [-0.15, -0.1) is 0 Å². The highest BCUT2D eigenvalue weighted by atomic mass is 31.2. The van der Waals surface area contributed by atoms with Crippen LogP contribution in [0.2, 0.25) is 0 Å². The van der Waals surface area contributed by atoms with Crippen LogP contribution in [-0.4, -0.2) is 76.9 Å². The number of hydrogen-bond acceptors (Lipinski definition) is 10. The smallest absolute Gasteiger partial charge is 0.462 e. The van der Waals surface area contributed by atoms with Crippen LogP contribution in [0, 0.1) is 5.92 Å². The summed E-state index contributed by atoms with van der Waals surface area (Å²) in [6.07, 6.45) is 49.2. The fourth-order valence-corrected chi connectivity index (χ4v) is 7.37. The van der Waals surface area contributed by atoms with E-state index in [-0.39, 0.29) is 19.3 Å². The number of rotatable bonds is 45. The van der Waals surface area contributed by atoms with E-state index in [0.717, 1.165) is 57.3 Å². The van der Waals surface area contributed by atoms with Crippen molar-refractivity contribution in [1.29, 1.82) is 0 Å². The molecule has 370 valence electrons. The number of allylic oxidation sites excluding steroid dienone is 11. The summed E-state index contributed by atoms with van der Waals surface area (Å²) in [6.45, 7) is 4.36. The molecule has 11 nitrogen and oxygen atoms in total. The molecule has 2 unspecified atom stereocenters. The zero-order valence-electron chi connectivity index (χ0n) is 40.3. The number of aliphatic hydroxyl groups is 3. The Bertz CT molecular complexity index is 1320. The van der Waals surface area contributed by atoms with Gasteiger partial charge in [-0.2, -0.15) is 0 Å². The lowest BCUT2D eigenvalue weighted by Crippen LogP contribution is -2.30. The summed E-state index contributed by atoms with van der Waals surface area (Å²) < 4.78 is 32.6. The van der Waals surface area contributed by atoms with Gasteiger partial charge < -0.3 is 29.7 Å². The molecular formula is C52H91O11P. The van der Waals surface area contributed by atoms with Crippen LogP contribution in [0.15, 0.2) is 72.9 Å². The van der Waals surface area contributed by atoms with Crippen LogP contribution in [-0.2, 0) is 32.7 Å². The van der Waals surface area contributed by atoms with E-state index in [1.165, 1.54) is 96.3 Å². The minimum absolute atomic E-state index is 0.0626. The highest BCUT2D eigenvalue weighted by Gasteiger charge is 2.27. The third kappa shape index (κ3) is 45.9. The Hall–Kier alpha value is -2.63. The standard InChI is InChI=1S/C52H91O11P/c1-4-5-6-7-8-9-10-11-12-18-21-24-27-30-33-36-39-48(54)41-42-52(57)63-50(46-62-64(58,59)61-44-49(55)43-53)45-60-51(56)40-37-34-31-28-25-22-19-16-14-13-15-17-20-23-26-29-32-35-38-47(2)3/h5-6,8-9,11-12,21,24,30,33,36,39,47-50,53-55H,4,7,10,13-20,22-23,25-29,31-32,34-35,37-38,40-46H2,1-3H3,(H,58,59)/b6-5-,9-8-,12-11-,24-21-,33-30-,39-36-/t48?,49-,50+/m0/s1. The van der Waals surface area contributed by atoms with Crippen molar-refractivity contribution in [2.45, 2.75) is 212 Å². The van der Waals surface area contributed by atoms with Crippen molar-refractivity contribution >= 4 is 19.8 Å². The molecule has 0 rings (SSSR count). The third-order valence-electron chi connectivity index (χ3n) is 10.4. The van der Waals surface area contributed by atoms with E-state index >= 15 is 0 Å². The van der Waals surface area contributed by atoms with Crippen molar-refractivity contribution in [3.05, 3.63) is 72.9 Å². The number of aliphatic hydroxyl groups excluding tert-OH is 3. The molecule has 4 N–H and O–H groups in total. The number of phosphoric acid groups is 1. The molecule has 4 atom stereocenters. The Kier molecular flexibility index (Phi) is 43.7. The second kappa shape index (κ2) is 45.5. The zero-order valence-corrected chi connectivity index (χ0v) is 41.1. The molecular weight excluding hydrogens is 832 g/mol. The average molecular weight is 923 g/mol. The van der Waals surface area contributed by atoms with Crippen molar-refractivity contribution in [3.63, 3.8) is 0 Å². The average Bonchev–Trinajstić information content (AvgIpc) is 3.27. The lowest BCUT2D eigenvalue weighted by Gasteiger charge is -2.20. The molecule has 0 bridgehead atoms. The highest BCUT2D eigenvalue weighted by molar-refractivity contribution is 7.47. The van der Waals surface area contributed by atoms with Crippen LogP contribution >= 0.6 is 7.82 Å². The van der Waals surface area contributed by atoms with E-state index in [9.17, 15) is 29.3 Å². The van der Waals surface area contributed by atoms with Gasteiger partial charge >= 0.3 is 19.8 Å². The van der Waals surface area contributed by atoms with Gasteiger partial charge in [0, 0.05) is 12.8 Å². The van der Waals surface area contributed by atoms with Gasteiger partial charge in [0.15, 0.2) is 6.10 Å². The first-order valence-corrected chi connectivity index (χ1v) is 26.4. The summed E-state index contributed by atoms with van der Waals surface area (Å²) in [4.78, 5) is 35.2. The molecule has 0 saturated heterocycles. The topological polar surface area (TPSA) is 169 Å². The highest BCUT2D eigenvalue weighted by Crippen LogP contribution is 2.43. The second-order valence-corrected chi connectivity index (χ2v) is 18.6. The Balaban J connectivity index is 4.39. The van der Waals surface area contributed by atoms with Crippen molar-refractivity contribution in [1.82, 2.24) is 0 Å². The van der Waals surface area contributed by atoms with Crippen LogP contribution in [0.1, 0.15) is 194 Å². The fraction of sp³-hybridized carbons (Fsp3) is 0.731. The lowest BCUT2D eigenvalue weighted by atomic mass is 10.0. The first-order valence-electron chi connectivity index (χ1n) is 24.9. The van der Waals surface area contributed by atoms with Gasteiger partial charge in [0.25, 0.3) is 0 Å². The summed E-state index contributed by atoms with van der Waals surface area (Å²) in [5.74, 6) is -0.370. The van der Waals surface area contributed by atoms with Crippen LogP contribution in [0.4, 0.5) is 0 Å². The van der Waals surface area contributed by atoms with Crippen LogP contribution in [0.5, 0.6) is 0 Å². The van der Waals surface area contributed by atoms with Crippen LogP contribution in [0.25, 0.3) is 0 Å². The van der Waals surface area contributed by atoms with Crippen molar-refractivity contribution < 1.29 is 52.9 Å². The summed E-state index contributed by atoms with van der Waals surface area (Å²) >= 11 is 0. The monoisotopic (exact) mass is 923 g/mol. The molecule has 0 aliphatic carbocycles. The number of carbonyl (C=O) groups excluding carboxylic acids is 2. The van der Waals surface area contributed by atoms with E-state index in [1.807, 2.05) is 12.2 Å². The Morgan fingerprint density at radius 1 is 0.547 bits per heavy atom. The summed E-state index contributed by atoms with van der Waals surface area (Å²) in [7, 11) is -4.69. The number of esters is 2. The molecule has 0 aliphatic rings. The lowest BCUT2D eigenvalue weighted by molar-refractivity contribution is -0.161. The van der Waals surface area contributed by atoms with Gasteiger partial charge in [0.05, 0.1) is 25.9 Å². The molecule has 0 aromatic heterocycles. The predicted molar refractivity (Wildman–Crippen MR) is 262 cm³/mol. The normalized spacial score (nSPS) is 14.9. The molecule has 0 aromatic rings. The molecule has 0 aromatic carbocycles. The quantitative estimate of drug-likeness (QED) is 0.0151. The van der Waals surface area contributed by atoms with E-state index in [2.05, 4.69) is 73.9 Å². The Labute approximate surface area is 389 Å². The fourth-order valence-electron chi connectivity index (χ4n) is 6.58. The minimum atomic E-state index is -4.69. The summed E-state index contributed by atoms with van der Waals surface area (Å²) in [6, 6.07) is 0. The van der Waals surface area contributed by atoms with Crippen molar-refractivity contribution in [2.75, 3.05) is 26.4 Å². The van der Waals surface area contributed by atoms with Crippen molar-refractivity contribution in [3.8, 4) is 0 Å². The maximum absolute atomic E-state index is 12.7. The Morgan fingerprint density at radius 2 is 1.00 bits per heavy atom. The molecule has 0 amide bonds. The number of hydrogen-bond donors (Lipinski definition) is 4. The first-order chi connectivity index (χ1) is 31.0. The maximum Gasteiger partial charge on any atom is 0.472 e. The minimum Gasteiger partial charge on any atom is -0.462 e. The summed E-state index contributed by atoms with van der Waals surface area (Å²) in [5.41, 5.74) is 0. The van der Waals surface area contributed by atoms with E-state index in [0.29, 0.717) is 6.42 Å². The summed E-state index contributed by atoms with van der Waals surface area (Å²) in [5, 5.41) is 28.7. The number of ether oxygens (including phenoxy) is 2. The van der Waals surface area contributed by atoms with Gasteiger partial charge in [0.2, 0.25) is 0 Å². The first kappa shape index (κ1) is 61.4. The molecule has 64 heavy (non-hydrogen) atoms. The number of unbranched alkanes of at least 4 members (excludes halogenated alkanes) is 17. The number of carbonyl (C=O) groups is 2. The molecule has 12 heteroatoms. The van der Waals surface area contributed by atoms with Crippen LogP contribution < -0.4 is 0 Å². The molecule has 0 fully saturated rings. The van der Waals surface area contributed by atoms with E-state index in [4.69, 9.17) is 19.1 Å². The number of phosphoric ester groups is 1. The van der Waals surface area contributed by atoms with E-state index in [1.54, 1.807) is 12.2 Å². The molecule has 0 radical (unpaired) electrons. The molecule has 0 aliphatic heterocycles. The van der Waals surface area contributed by atoms with Gasteiger partial charge in [-0.3, -0.25) is 18.6 Å². The maximum atomic E-state index is 12.7. The largest absolute Gasteiger partial charge is 0.472 e. The predicted octanol–water partition coefficient (Wildman–Crippen LogP) is 12.8. The molecule has 0 spiro atoms. The zero-order chi connectivity index (χ0) is 47.2. The van der Waals surface area contributed by atoms with Gasteiger partial charge in [-0.25, -0.2) is 4.57 Å². The third-order valence-corrected chi connectivity index (χ3v) is 11.4. The molecule has 0 heterocycles.